The summed E-state index contributed by atoms with van der Waals surface area (Å²) in [6.07, 6.45) is 0. The van der Waals surface area contributed by atoms with Crippen molar-refractivity contribution in [3.8, 4) is 5.75 Å². The molecule has 0 saturated heterocycles. The maximum atomic E-state index is 5.95. The third-order valence-corrected chi connectivity index (χ3v) is 6.19. The van der Waals surface area contributed by atoms with Crippen LogP contribution in [0.4, 0.5) is 11.4 Å². The van der Waals surface area contributed by atoms with Gasteiger partial charge in [0.05, 0.1) is 0 Å². The van der Waals surface area contributed by atoms with Crippen molar-refractivity contribution in [3.05, 3.63) is 115 Å². The van der Waals surface area contributed by atoms with E-state index in [2.05, 4.69) is 60.3 Å². The summed E-state index contributed by atoms with van der Waals surface area (Å²) in [6, 6.07) is 36.8. The van der Waals surface area contributed by atoms with E-state index in [1.807, 2.05) is 72.8 Å². The van der Waals surface area contributed by atoms with E-state index in [9.17, 15) is 0 Å². The molecule has 0 fully saturated rings. The second-order valence-corrected chi connectivity index (χ2v) is 9.09. The van der Waals surface area contributed by atoms with Gasteiger partial charge in [0, 0.05) is 51.8 Å². The normalized spacial score (nSPS) is 10.6. The molecule has 0 aliphatic heterocycles. The first-order valence-corrected chi connectivity index (χ1v) is 12.9. The first-order chi connectivity index (χ1) is 18.7. The van der Waals surface area contributed by atoms with Gasteiger partial charge in [0.15, 0.2) is 0 Å². The van der Waals surface area contributed by atoms with E-state index in [-0.39, 0.29) is 0 Å². The smallest absolute Gasteiger partial charge is 0.330 e. The second kappa shape index (κ2) is 14.9. The largest absolute Gasteiger partial charge is 0.489 e. The average Bonchev–Trinajstić information content (AvgIpc) is 2.98. The maximum Gasteiger partial charge on any atom is 0.330 e. The van der Waals surface area contributed by atoms with Gasteiger partial charge in [-0.3, -0.25) is 0 Å². The summed E-state index contributed by atoms with van der Waals surface area (Å²) in [5.74, 6) is 0.826. The van der Waals surface area contributed by atoms with E-state index in [4.69, 9.17) is 14.0 Å². The van der Waals surface area contributed by atoms with Crippen molar-refractivity contribution in [2.75, 3.05) is 50.2 Å². The van der Waals surface area contributed by atoms with Crippen molar-refractivity contribution in [3.63, 3.8) is 0 Å². The average molecular weight is 504 g/mol. The Morgan fingerprint density at radius 2 is 1.00 bits per heavy atom. The molecule has 0 aliphatic carbocycles. The molecule has 192 valence electrons. The van der Waals surface area contributed by atoms with Crippen LogP contribution in [0, 0.1) is 0 Å². The highest BCUT2D eigenvalue weighted by molar-refractivity contribution is 6.47. The third-order valence-electron chi connectivity index (χ3n) is 6.19. The quantitative estimate of drug-likeness (QED) is 0.180. The van der Waals surface area contributed by atoms with Crippen LogP contribution in [0.5, 0.6) is 5.75 Å². The molecule has 0 aliphatic rings. The first-order valence-electron chi connectivity index (χ1n) is 12.9. The minimum absolute atomic E-state index is 0.508. The van der Waals surface area contributed by atoms with Crippen LogP contribution >= 0.6 is 0 Å². The zero-order chi connectivity index (χ0) is 26.4. The summed E-state index contributed by atoms with van der Waals surface area (Å²) in [5.41, 5.74) is 5.51. The third kappa shape index (κ3) is 9.02. The van der Waals surface area contributed by atoms with E-state index in [0.717, 1.165) is 35.3 Å². The van der Waals surface area contributed by atoms with Gasteiger partial charge >= 0.3 is 15.0 Å². The molecule has 7 heteroatoms. The summed E-state index contributed by atoms with van der Waals surface area (Å²) >= 11 is 0. The summed E-state index contributed by atoms with van der Waals surface area (Å²) < 4.78 is 17.4. The fourth-order valence-electron chi connectivity index (χ4n) is 3.81. The number of benzene rings is 4. The molecule has 0 aromatic heterocycles. The van der Waals surface area contributed by atoms with Gasteiger partial charge < -0.3 is 23.8 Å². The van der Waals surface area contributed by atoms with E-state index >= 15 is 0 Å². The Morgan fingerprint density at radius 1 is 0.553 bits per heavy atom. The Morgan fingerprint density at radius 3 is 1.47 bits per heavy atom. The zero-order valence-corrected chi connectivity index (χ0v) is 22.2. The first kappa shape index (κ1) is 27.4. The van der Waals surface area contributed by atoms with E-state index < -0.39 is 0 Å². The van der Waals surface area contributed by atoms with Gasteiger partial charge in [0.25, 0.3) is 0 Å². The van der Waals surface area contributed by atoms with Gasteiger partial charge in [-0.25, -0.2) is 0 Å². The summed E-state index contributed by atoms with van der Waals surface area (Å²) in [4.78, 5) is 4.35. The fraction of sp³-hybridized carbons (Fsp3) is 0.226. The Labute approximate surface area is 228 Å². The van der Waals surface area contributed by atoms with Gasteiger partial charge in [-0.1, -0.05) is 83.7 Å². The van der Waals surface area contributed by atoms with Crippen LogP contribution < -0.4 is 25.5 Å². The van der Waals surface area contributed by atoms with Crippen LogP contribution in [0.1, 0.15) is 5.56 Å². The zero-order valence-electron chi connectivity index (χ0n) is 22.2. The van der Waals surface area contributed by atoms with Gasteiger partial charge in [0.1, 0.15) is 12.4 Å². The highest BCUT2D eigenvalue weighted by atomic mass is 16.5. The molecule has 0 amide bonds. The Bertz CT molecular complexity index is 1100. The fourth-order valence-corrected chi connectivity index (χ4v) is 3.81. The number of ether oxygens (including phenoxy) is 1. The minimum Gasteiger partial charge on any atom is -0.489 e. The Balaban J connectivity index is 1.10. The van der Waals surface area contributed by atoms with Crippen molar-refractivity contribution in [1.29, 1.82) is 0 Å². The van der Waals surface area contributed by atoms with Crippen molar-refractivity contribution < 1.29 is 14.0 Å². The van der Waals surface area contributed by atoms with Crippen molar-refractivity contribution in [1.82, 2.24) is 0 Å². The lowest BCUT2D eigenvalue weighted by atomic mass is 9.87. The predicted octanol–water partition coefficient (Wildman–Crippen LogP) is 4.06. The number of hydrogen-bond acceptors (Lipinski definition) is 5. The molecule has 0 unspecified atom stereocenters. The monoisotopic (exact) mass is 504 g/mol. The lowest BCUT2D eigenvalue weighted by Crippen LogP contribution is -2.26. The molecule has 0 N–H and O–H groups in total. The van der Waals surface area contributed by atoms with Crippen LogP contribution in [-0.2, 0) is 15.9 Å². The highest BCUT2D eigenvalue weighted by Crippen LogP contribution is 2.12. The molecule has 2 radical (unpaired) electrons. The van der Waals surface area contributed by atoms with Gasteiger partial charge in [-0.15, -0.1) is 0 Å². The lowest BCUT2D eigenvalue weighted by Gasteiger charge is -2.19. The maximum absolute atomic E-state index is 5.95. The van der Waals surface area contributed by atoms with Crippen LogP contribution in [-0.4, -0.2) is 55.4 Å². The van der Waals surface area contributed by atoms with Gasteiger partial charge in [-0.2, -0.15) is 0 Å². The van der Waals surface area contributed by atoms with Gasteiger partial charge in [0.2, 0.25) is 0 Å². The molecule has 4 rings (SSSR count). The molecule has 0 atom stereocenters. The van der Waals surface area contributed by atoms with Crippen LogP contribution in [0.2, 0.25) is 0 Å². The van der Waals surface area contributed by atoms with Crippen LogP contribution in [0.25, 0.3) is 0 Å². The predicted molar refractivity (Wildman–Crippen MR) is 159 cm³/mol. The van der Waals surface area contributed by atoms with Crippen molar-refractivity contribution in [2.45, 2.75) is 6.61 Å². The molecule has 0 spiro atoms. The van der Waals surface area contributed by atoms with E-state index in [1.165, 1.54) is 11.4 Å². The highest BCUT2D eigenvalue weighted by Gasteiger charge is 2.04. The standard InChI is InChI=1S/C31H34B2N2O3/c1-34(29-9-5-3-6-10-29)21-23-37-32-27-15-13-26(14-16-27)25-36-31-19-17-28(18-20-31)33-38-24-22-35(2)30-11-7-4-8-12-30/h3-20H,21-25H2,1-2H3. The Kier molecular flexibility index (Phi) is 10.7. The molecule has 0 bridgehead atoms. The SMILES string of the molecule is CN(CCO[B]c1ccc(COc2ccc([B]OCCN(C)c3ccccc3)cc2)cc1)c1ccccc1. The minimum atomic E-state index is 0.508. The molecular formula is C31H34B2N2O3. The number of nitrogens with zero attached hydrogens (tertiary/aromatic N) is 2. The summed E-state index contributed by atoms with van der Waals surface area (Å²) in [7, 11) is 7.73. The second-order valence-electron chi connectivity index (χ2n) is 9.09. The number of hydrogen-bond donors (Lipinski definition) is 0. The molecule has 5 nitrogen and oxygen atoms in total. The summed E-state index contributed by atoms with van der Waals surface area (Å²) in [6.45, 7) is 3.39. The number of likely N-dealkylation sites (N-methyl/N-ethyl adjacent to an activating group) is 2. The topological polar surface area (TPSA) is 34.2 Å². The molecule has 38 heavy (non-hydrogen) atoms. The number of anilines is 2. The number of rotatable bonds is 15. The van der Waals surface area contributed by atoms with Gasteiger partial charge in [-0.05, 0) is 42.0 Å². The molecule has 0 saturated carbocycles. The Hall–Kier alpha value is -3.67. The molecule has 4 aromatic carbocycles. The molecular weight excluding hydrogens is 470 g/mol. The molecule has 0 heterocycles. The number of para-hydroxylation sites is 2. The lowest BCUT2D eigenvalue weighted by molar-refractivity contribution is 0.306. The van der Waals surface area contributed by atoms with E-state index in [1.54, 1.807) is 15.0 Å². The van der Waals surface area contributed by atoms with Crippen molar-refractivity contribution >= 4 is 37.3 Å². The van der Waals surface area contributed by atoms with Crippen LogP contribution in [0.15, 0.2) is 109 Å². The summed E-state index contributed by atoms with van der Waals surface area (Å²) in [5, 5.41) is 0. The van der Waals surface area contributed by atoms with Crippen LogP contribution in [0.3, 0.4) is 0 Å². The van der Waals surface area contributed by atoms with E-state index in [0.29, 0.717) is 19.8 Å². The molecule has 4 aromatic rings. The van der Waals surface area contributed by atoms with Crippen molar-refractivity contribution in [2.24, 2.45) is 0 Å².